The predicted molar refractivity (Wildman–Crippen MR) is 102 cm³/mol. The van der Waals surface area contributed by atoms with Crippen LogP contribution in [0, 0.1) is 0 Å². The Balaban J connectivity index is 1.58. The number of carbonyl (C=O) groups is 1. The van der Waals surface area contributed by atoms with E-state index in [-0.39, 0.29) is 11.7 Å². The summed E-state index contributed by atoms with van der Waals surface area (Å²) in [6.45, 7) is 0. The van der Waals surface area contributed by atoms with Gasteiger partial charge in [-0.05, 0) is 42.5 Å². The summed E-state index contributed by atoms with van der Waals surface area (Å²) in [5.74, 6) is 0.934. The Morgan fingerprint density at radius 1 is 1.19 bits per heavy atom. The van der Waals surface area contributed by atoms with Crippen LogP contribution in [-0.4, -0.2) is 29.0 Å². The van der Waals surface area contributed by atoms with Gasteiger partial charge in [0.1, 0.15) is 5.75 Å². The third kappa shape index (κ3) is 4.69. The van der Waals surface area contributed by atoms with Crippen LogP contribution in [0.25, 0.3) is 11.5 Å². The van der Waals surface area contributed by atoms with Crippen LogP contribution in [-0.2, 0) is 4.79 Å². The molecule has 1 aromatic heterocycles. The molecule has 1 N–H and O–H groups in total. The lowest BCUT2D eigenvalue weighted by Crippen LogP contribution is -2.14. The van der Waals surface area contributed by atoms with E-state index in [0.29, 0.717) is 26.8 Å². The van der Waals surface area contributed by atoms with Gasteiger partial charge in [-0.1, -0.05) is 35.0 Å². The Hall–Kier alpha value is -2.22. The van der Waals surface area contributed by atoms with Crippen LogP contribution in [0.2, 0.25) is 10.0 Å². The molecular formula is C17H13Cl2N3O3S. The maximum Gasteiger partial charge on any atom is 0.277 e. The molecule has 134 valence electrons. The van der Waals surface area contributed by atoms with E-state index in [1.165, 1.54) is 0 Å². The van der Waals surface area contributed by atoms with E-state index in [2.05, 4.69) is 15.5 Å². The number of rotatable bonds is 6. The van der Waals surface area contributed by atoms with Gasteiger partial charge in [-0.2, -0.15) is 0 Å². The maximum atomic E-state index is 12.1. The van der Waals surface area contributed by atoms with E-state index < -0.39 is 0 Å². The molecule has 0 aliphatic carbocycles. The highest BCUT2D eigenvalue weighted by molar-refractivity contribution is 7.99. The van der Waals surface area contributed by atoms with Crippen molar-refractivity contribution in [2.45, 2.75) is 5.22 Å². The van der Waals surface area contributed by atoms with Gasteiger partial charge in [0.15, 0.2) is 0 Å². The number of hydrogen-bond donors (Lipinski definition) is 1. The topological polar surface area (TPSA) is 77.2 Å². The lowest BCUT2D eigenvalue weighted by molar-refractivity contribution is -0.113. The van der Waals surface area contributed by atoms with E-state index in [4.69, 9.17) is 32.4 Å². The third-order valence-corrected chi connectivity index (χ3v) is 4.66. The van der Waals surface area contributed by atoms with Gasteiger partial charge in [0.05, 0.1) is 23.6 Å². The second kappa shape index (κ2) is 8.44. The molecule has 1 heterocycles. The highest BCUT2D eigenvalue weighted by Gasteiger charge is 2.12. The van der Waals surface area contributed by atoms with E-state index >= 15 is 0 Å². The van der Waals surface area contributed by atoms with Crippen LogP contribution in [0.3, 0.4) is 0 Å². The van der Waals surface area contributed by atoms with E-state index in [9.17, 15) is 4.79 Å². The molecule has 0 bridgehead atoms. The summed E-state index contributed by atoms with van der Waals surface area (Å²) in [7, 11) is 1.60. The minimum atomic E-state index is -0.261. The monoisotopic (exact) mass is 409 g/mol. The van der Waals surface area contributed by atoms with Gasteiger partial charge in [0.25, 0.3) is 5.22 Å². The molecule has 0 fully saturated rings. The fourth-order valence-electron chi connectivity index (χ4n) is 2.03. The Morgan fingerprint density at radius 3 is 2.69 bits per heavy atom. The van der Waals surface area contributed by atoms with Gasteiger partial charge >= 0.3 is 0 Å². The summed E-state index contributed by atoms with van der Waals surface area (Å²) in [6.07, 6.45) is 0. The van der Waals surface area contributed by atoms with Crippen molar-refractivity contribution in [1.82, 2.24) is 10.2 Å². The highest BCUT2D eigenvalue weighted by atomic mass is 35.5. The summed E-state index contributed by atoms with van der Waals surface area (Å²) in [4.78, 5) is 12.1. The molecule has 0 aliphatic heterocycles. The fourth-order valence-corrected chi connectivity index (χ4v) is 2.93. The van der Waals surface area contributed by atoms with Crippen molar-refractivity contribution >= 4 is 46.6 Å². The zero-order chi connectivity index (χ0) is 18.5. The first-order chi connectivity index (χ1) is 12.5. The molecule has 0 saturated carbocycles. The molecule has 3 aromatic rings. The summed E-state index contributed by atoms with van der Waals surface area (Å²) < 4.78 is 10.7. The summed E-state index contributed by atoms with van der Waals surface area (Å²) >= 11 is 13.0. The van der Waals surface area contributed by atoms with Crippen molar-refractivity contribution in [2.75, 3.05) is 18.2 Å². The predicted octanol–water partition coefficient (Wildman–Crippen LogP) is 4.78. The normalized spacial score (nSPS) is 10.6. The number of anilines is 1. The molecule has 0 spiro atoms. The molecule has 0 unspecified atom stereocenters. The lowest BCUT2D eigenvalue weighted by atomic mass is 10.2. The van der Waals surface area contributed by atoms with Crippen LogP contribution in [0.5, 0.6) is 5.75 Å². The molecular weight excluding hydrogens is 397 g/mol. The first-order valence-electron chi connectivity index (χ1n) is 7.41. The SMILES string of the molecule is COc1ccc(-c2nnc(SCC(=O)Nc3cc(Cl)ccc3Cl)o2)cc1. The molecule has 6 nitrogen and oxygen atoms in total. The number of carbonyl (C=O) groups excluding carboxylic acids is 1. The van der Waals surface area contributed by atoms with Gasteiger partial charge in [-0.25, -0.2) is 0 Å². The van der Waals surface area contributed by atoms with Crippen molar-refractivity contribution in [3.8, 4) is 17.2 Å². The van der Waals surface area contributed by atoms with Gasteiger partial charge < -0.3 is 14.5 Å². The molecule has 1 amide bonds. The number of nitrogens with one attached hydrogen (secondary N) is 1. The molecule has 0 saturated heterocycles. The summed E-state index contributed by atoms with van der Waals surface area (Å²) in [5.41, 5.74) is 1.22. The standard InChI is InChI=1S/C17H13Cl2N3O3S/c1-24-12-5-2-10(3-6-12)16-21-22-17(25-16)26-9-15(23)20-14-8-11(18)4-7-13(14)19/h2-8H,9H2,1H3,(H,20,23). The minimum absolute atomic E-state index is 0.0904. The van der Waals surface area contributed by atoms with Crippen LogP contribution < -0.4 is 10.1 Å². The minimum Gasteiger partial charge on any atom is -0.497 e. The average Bonchev–Trinajstić information content (AvgIpc) is 3.12. The van der Waals surface area contributed by atoms with Crippen molar-refractivity contribution in [3.05, 3.63) is 52.5 Å². The maximum absolute atomic E-state index is 12.1. The molecule has 0 aliphatic rings. The number of halogens is 2. The van der Waals surface area contributed by atoms with Gasteiger partial charge in [-0.3, -0.25) is 4.79 Å². The number of aromatic nitrogens is 2. The smallest absolute Gasteiger partial charge is 0.277 e. The highest BCUT2D eigenvalue weighted by Crippen LogP contribution is 2.27. The summed E-state index contributed by atoms with van der Waals surface area (Å²) in [6, 6.07) is 12.1. The van der Waals surface area contributed by atoms with Crippen molar-refractivity contribution in [3.63, 3.8) is 0 Å². The first kappa shape index (κ1) is 18.6. The average molecular weight is 410 g/mol. The van der Waals surface area contributed by atoms with Crippen LogP contribution in [0.4, 0.5) is 5.69 Å². The van der Waals surface area contributed by atoms with Crippen LogP contribution in [0.1, 0.15) is 0 Å². The molecule has 9 heteroatoms. The number of nitrogens with zero attached hydrogens (tertiary/aromatic N) is 2. The quantitative estimate of drug-likeness (QED) is 0.590. The van der Waals surface area contributed by atoms with Gasteiger partial charge in [0, 0.05) is 10.6 Å². The number of benzene rings is 2. The van der Waals surface area contributed by atoms with E-state index in [0.717, 1.165) is 23.1 Å². The fraction of sp³-hybridized carbons (Fsp3) is 0.118. The number of hydrogen-bond acceptors (Lipinski definition) is 6. The zero-order valence-electron chi connectivity index (χ0n) is 13.5. The Morgan fingerprint density at radius 2 is 1.96 bits per heavy atom. The number of methoxy groups -OCH3 is 1. The Kier molecular flexibility index (Phi) is 6.03. The van der Waals surface area contributed by atoms with Crippen LogP contribution in [0.15, 0.2) is 52.1 Å². The molecule has 2 aromatic carbocycles. The largest absolute Gasteiger partial charge is 0.497 e. The molecule has 0 radical (unpaired) electrons. The molecule has 3 rings (SSSR count). The Bertz CT molecular complexity index is 916. The van der Waals surface area contributed by atoms with E-state index in [1.807, 2.05) is 12.1 Å². The summed E-state index contributed by atoms with van der Waals surface area (Å²) in [5, 5.41) is 11.8. The number of ether oxygens (including phenoxy) is 1. The van der Waals surface area contributed by atoms with E-state index in [1.54, 1.807) is 37.4 Å². The lowest BCUT2D eigenvalue weighted by Gasteiger charge is -2.06. The first-order valence-corrected chi connectivity index (χ1v) is 9.15. The second-order valence-corrected chi connectivity index (χ2v) is 6.83. The second-order valence-electron chi connectivity index (χ2n) is 5.06. The Labute approximate surface area is 163 Å². The zero-order valence-corrected chi connectivity index (χ0v) is 15.9. The molecule has 0 atom stereocenters. The van der Waals surface area contributed by atoms with Crippen LogP contribution >= 0.6 is 35.0 Å². The van der Waals surface area contributed by atoms with Crippen molar-refractivity contribution in [2.24, 2.45) is 0 Å². The molecule has 26 heavy (non-hydrogen) atoms. The number of amides is 1. The van der Waals surface area contributed by atoms with Gasteiger partial charge in [-0.15, -0.1) is 10.2 Å². The van der Waals surface area contributed by atoms with Crippen molar-refractivity contribution < 1.29 is 13.9 Å². The van der Waals surface area contributed by atoms with Crippen molar-refractivity contribution in [1.29, 1.82) is 0 Å². The van der Waals surface area contributed by atoms with Gasteiger partial charge in [0.2, 0.25) is 11.8 Å². The third-order valence-electron chi connectivity index (χ3n) is 3.27. The number of thioether (sulfide) groups is 1.